The highest BCUT2D eigenvalue weighted by molar-refractivity contribution is 6.31. The van der Waals surface area contributed by atoms with Gasteiger partial charge < -0.3 is 0 Å². The van der Waals surface area contributed by atoms with E-state index in [1.54, 1.807) is 0 Å². The lowest BCUT2D eigenvalue weighted by Crippen LogP contribution is -2.08. The first kappa shape index (κ1) is 20.4. The predicted octanol–water partition coefficient (Wildman–Crippen LogP) is 7.68. The van der Waals surface area contributed by atoms with Crippen LogP contribution in [0.5, 0.6) is 0 Å². The molecule has 0 fully saturated rings. The molecular formula is C27H20Cl2O. The van der Waals surface area contributed by atoms with E-state index in [0.29, 0.717) is 22.9 Å². The van der Waals surface area contributed by atoms with Crippen molar-refractivity contribution in [2.24, 2.45) is 0 Å². The summed E-state index contributed by atoms with van der Waals surface area (Å²) in [5.74, 6) is 0.147. The van der Waals surface area contributed by atoms with E-state index >= 15 is 0 Å². The summed E-state index contributed by atoms with van der Waals surface area (Å²) in [6, 6.07) is 31.5. The second-order valence-electron chi connectivity index (χ2n) is 7.23. The Balaban J connectivity index is 1.62. The van der Waals surface area contributed by atoms with Gasteiger partial charge in [-0.1, -0.05) is 96.0 Å². The molecule has 0 bridgehead atoms. The van der Waals surface area contributed by atoms with Crippen LogP contribution in [0.3, 0.4) is 0 Å². The third kappa shape index (κ3) is 4.81. The number of ketones is 1. The normalized spacial score (nSPS) is 10.7. The largest absolute Gasteiger partial charge is 0.299 e. The van der Waals surface area contributed by atoms with Crippen molar-refractivity contribution in [2.75, 3.05) is 0 Å². The van der Waals surface area contributed by atoms with E-state index in [2.05, 4.69) is 0 Å². The van der Waals surface area contributed by atoms with Gasteiger partial charge in [0.25, 0.3) is 0 Å². The predicted molar refractivity (Wildman–Crippen MR) is 126 cm³/mol. The number of carbonyl (C=O) groups excluding carboxylic acids is 1. The third-order valence-electron chi connectivity index (χ3n) is 5.09. The lowest BCUT2D eigenvalue weighted by molar-refractivity contribution is -0.117. The van der Waals surface area contributed by atoms with Crippen LogP contribution in [0.2, 0.25) is 10.0 Å². The van der Waals surface area contributed by atoms with Crippen molar-refractivity contribution in [3.63, 3.8) is 0 Å². The van der Waals surface area contributed by atoms with Crippen LogP contribution >= 0.6 is 23.2 Å². The highest BCUT2D eigenvalue weighted by Crippen LogP contribution is 2.30. The van der Waals surface area contributed by atoms with Gasteiger partial charge in [0, 0.05) is 22.9 Å². The van der Waals surface area contributed by atoms with E-state index in [4.69, 9.17) is 23.2 Å². The summed E-state index contributed by atoms with van der Waals surface area (Å²) in [7, 11) is 0. The number of hydrogen-bond donors (Lipinski definition) is 0. The zero-order valence-corrected chi connectivity index (χ0v) is 17.8. The lowest BCUT2D eigenvalue weighted by Gasteiger charge is -2.13. The molecule has 0 saturated heterocycles. The van der Waals surface area contributed by atoms with Gasteiger partial charge in [0.05, 0.1) is 0 Å². The first-order valence-corrected chi connectivity index (χ1v) is 10.5. The Morgan fingerprint density at radius 1 is 0.567 bits per heavy atom. The number of rotatable bonds is 6. The molecule has 3 heteroatoms. The third-order valence-corrected chi connectivity index (χ3v) is 5.56. The Bertz CT molecular complexity index is 1080. The molecule has 1 nitrogen and oxygen atoms in total. The maximum atomic E-state index is 13.1. The van der Waals surface area contributed by atoms with Crippen LogP contribution in [0.1, 0.15) is 11.1 Å². The Morgan fingerprint density at radius 2 is 0.967 bits per heavy atom. The second kappa shape index (κ2) is 9.30. The Kier molecular flexibility index (Phi) is 6.32. The average Bonchev–Trinajstić information content (AvgIpc) is 2.77. The summed E-state index contributed by atoms with van der Waals surface area (Å²) in [4.78, 5) is 13.1. The summed E-state index contributed by atoms with van der Waals surface area (Å²) in [6.45, 7) is 0. The zero-order chi connectivity index (χ0) is 20.9. The van der Waals surface area contributed by atoms with Crippen LogP contribution in [0, 0.1) is 0 Å². The minimum Gasteiger partial charge on any atom is -0.299 e. The number of Topliss-reactive ketones (excluding diaryl/α,β-unsaturated/α-hetero) is 1. The smallest absolute Gasteiger partial charge is 0.141 e. The molecule has 0 aliphatic heterocycles. The molecule has 4 aromatic carbocycles. The number of benzene rings is 4. The van der Waals surface area contributed by atoms with Crippen molar-refractivity contribution in [2.45, 2.75) is 12.8 Å². The van der Waals surface area contributed by atoms with Gasteiger partial charge in [-0.25, -0.2) is 0 Å². The van der Waals surface area contributed by atoms with Gasteiger partial charge in [-0.05, 0) is 57.6 Å². The molecule has 0 N–H and O–H groups in total. The molecule has 148 valence electrons. The molecule has 0 aliphatic carbocycles. The summed E-state index contributed by atoms with van der Waals surface area (Å²) >= 11 is 12.5. The highest BCUT2D eigenvalue weighted by Gasteiger charge is 2.14. The van der Waals surface area contributed by atoms with Gasteiger partial charge in [0.15, 0.2) is 0 Å². The Hall–Kier alpha value is -2.87. The SMILES string of the molecule is O=C(Cc1ccc(Cl)cc1-c1ccccc1)Cc1ccc(Cl)cc1-c1ccccc1. The monoisotopic (exact) mass is 430 g/mol. The van der Waals surface area contributed by atoms with Crippen molar-refractivity contribution < 1.29 is 4.79 Å². The highest BCUT2D eigenvalue weighted by atomic mass is 35.5. The van der Waals surface area contributed by atoms with Crippen molar-refractivity contribution in [3.8, 4) is 22.3 Å². The van der Waals surface area contributed by atoms with E-state index in [-0.39, 0.29) is 5.78 Å². The van der Waals surface area contributed by atoms with Gasteiger partial charge >= 0.3 is 0 Å². The first-order valence-electron chi connectivity index (χ1n) is 9.79. The number of hydrogen-bond acceptors (Lipinski definition) is 1. The van der Waals surface area contributed by atoms with E-state index in [9.17, 15) is 4.79 Å². The van der Waals surface area contributed by atoms with E-state index < -0.39 is 0 Å². The van der Waals surface area contributed by atoms with Crippen LogP contribution in [-0.4, -0.2) is 5.78 Å². The minimum atomic E-state index is 0.147. The zero-order valence-electron chi connectivity index (χ0n) is 16.3. The van der Waals surface area contributed by atoms with Gasteiger partial charge in [-0.15, -0.1) is 0 Å². The summed E-state index contributed by atoms with van der Waals surface area (Å²) < 4.78 is 0. The van der Waals surface area contributed by atoms with Crippen molar-refractivity contribution in [1.29, 1.82) is 0 Å². The molecule has 0 atom stereocenters. The van der Waals surface area contributed by atoms with E-state index in [0.717, 1.165) is 33.4 Å². The topological polar surface area (TPSA) is 17.1 Å². The molecule has 4 rings (SSSR count). The number of carbonyl (C=O) groups is 1. The van der Waals surface area contributed by atoms with Crippen LogP contribution in [-0.2, 0) is 17.6 Å². The lowest BCUT2D eigenvalue weighted by atomic mass is 9.92. The molecule has 30 heavy (non-hydrogen) atoms. The van der Waals surface area contributed by atoms with Gasteiger partial charge in [0.2, 0.25) is 0 Å². The Labute approximate surface area is 186 Å². The van der Waals surface area contributed by atoms with Gasteiger partial charge in [-0.3, -0.25) is 4.79 Å². The fourth-order valence-corrected chi connectivity index (χ4v) is 4.01. The second-order valence-corrected chi connectivity index (χ2v) is 8.10. The Morgan fingerprint density at radius 3 is 1.37 bits per heavy atom. The van der Waals surface area contributed by atoms with Crippen molar-refractivity contribution in [3.05, 3.63) is 118 Å². The molecule has 0 unspecified atom stereocenters. The molecular weight excluding hydrogens is 411 g/mol. The summed E-state index contributed by atoms with van der Waals surface area (Å²) in [5.41, 5.74) is 6.06. The van der Waals surface area contributed by atoms with E-state index in [1.807, 2.05) is 97.1 Å². The molecule has 0 saturated carbocycles. The van der Waals surface area contributed by atoms with Crippen LogP contribution in [0.15, 0.2) is 97.1 Å². The maximum absolute atomic E-state index is 13.1. The summed E-state index contributed by atoms with van der Waals surface area (Å²) in [6.07, 6.45) is 0.691. The van der Waals surface area contributed by atoms with Crippen LogP contribution in [0.4, 0.5) is 0 Å². The van der Waals surface area contributed by atoms with Crippen LogP contribution in [0.25, 0.3) is 22.3 Å². The first-order chi connectivity index (χ1) is 14.6. The minimum absolute atomic E-state index is 0.147. The quantitative estimate of drug-likeness (QED) is 0.306. The molecule has 0 heterocycles. The van der Waals surface area contributed by atoms with E-state index in [1.165, 1.54) is 0 Å². The fourth-order valence-electron chi connectivity index (χ4n) is 3.67. The molecule has 0 amide bonds. The molecule has 4 aromatic rings. The van der Waals surface area contributed by atoms with Gasteiger partial charge in [0.1, 0.15) is 5.78 Å². The number of halogens is 2. The van der Waals surface area contributed by atoms with Crippen molar-refractivity contribution in [1.82, 2.24) is 0 Å². The van der Waals surface area contributed by atoms with Crippen molar-refractivity contribution >= 4 is 29.0 Å². The maximum Gasteiger partial charge on any atom is 0.141 e. The average molecular weight is 431 g/mol. The van der Waals surface area contributed by atoms with Crippen LogP contribution < -0.4 is 0 Å². The molecule has 0 aromatic heterocycles. The molecule has 0 radical (unpaired) electrons. The standard InChI is InChI=1S/C27H20Cl2O/c28-23-13-11-21(26(17-23)19-7-3-1-4-8-19)15-25(30)16-22-12-14-24(29)18-27(22)20-9-5-2-6-10-20/h1-14,17-18H,15-16H2. The molecule has 0 aliphatic rings. The fraction of sp³-hybridized carbons (Fsp3) is 0.0741. The molecule has 0 spiro atoms. The van der Waals surface area contributed by atoms with Gasteiger partial charge in [-0.2, -0.15) is 0 Å². The summed E-state index contributed by atoms with van der Waals surface area (Å²) in [5, 5.41) is 1.32.